The Bertz CT molecular complexity index is 440. The molecule has 1 N–H and O–H groups in total. The van der Waals surface area contributed by atoms with Crippen molar-refractivity contribution in [2.24, 2.45) is 5.92 Å². The van der Waals surface area contributed by atoms with Gasteiger partial charge in [-0.2, -0.15) is 0 Å². The monoisotopic (exact) mass is 293 g/mol. The Balaban J connectivity index is 1.53. The average molecular weight is 293 g/mol. The third-order valence-corrected chi connectivity index (χ3v) is 5.31. The second-order valence-corrected chi connectivity index (χ2v) is 6.77. The number of anilines is 1. The lowest BCUT2D eigenvalue weighted by Gasteiger charge is -2.38. The van der Waals surface area contributed by atoms with E-state index in [9.17, 15) is 4.79 Å². The maximum absolute atomic E-state index is 12.6. The molecule has 2 fully saturated rings. The van der Waals surface area contributed by atoms with E-state index < -0.39 is 0 Å². The minimum atomic E-state index is 0.236. The van der Waals surface area contributed by atoms with Crippen molar-refractivity contribution >= 4 is 22.2 Å². The molecule has 110 valence electrons. The van der Waals surface area contributed by atoms with E-state index in [0.717, 1.165) is 45.6 Å². The lowest BCUT2D eigenvalue weighted by atomic mass is 9.92. The molecule has 4 nitrogen and oxygen atoms in total. The minimum absolute atomic E-state index is 0.236. The quantitative estimate of drug-likeness (QED) is 0.903. The highest BCUT2D eigenvalue weighted by atomic mass is 32.1. The van der Waals surface area contributed by atoms with Crippen LogP contribution in [0.5, 0.6) is 0 Å². The molecule has 3 heterocycles. The van der Waals surface area contributed by atoms with Crippen molar-refractivity contribution < 1.29 is 4.79 Å². The Hall–Kier alpha value is -1.07. The third kappa shape index (κ3) is 2.99. The van der Waals surface area contributed by atoms with Crippen LogP contribution in [0.3, 0.4) is 0 Å². The van der Waals surface area contributed by atoms with Gasteiger partial charge in [-0.1, -0.05) is 0 Å². The van der Waals surface area contributed by atoms with Gasteiger partial charge in [0.05, 0.1) is 5.00 Å². The molecule has 2 aliphatic heterocycles. The van der Waals surface area contributed by atoms with Gasteiger partial charge in [0.25, 0.3) is 0 Å². The van der Waals surface area contributed by atoms with Crippen LogP contribution in [-0.4, -0.2) is 49.6 Å². The van der Waals surface area contributed by atoms with Crippen molar-refractivity contribution in [1.82, 2.24) is 10.2 Å². The molecular weight excluding hydrogens is 270 g/mol. The lowest BCUT2D eigenvalue weighted by Crippen LogP contribution is -2.52. The fraction of sp³-hybridized carbons (Fsp3) is 0.667. The van der Waals surface area contributed by atoms with Gasteiger partial charge < -0.3 is 15.1 Å². The van der Waals surface area contributed by atoms with Gasteiger partial charge in [0.1, 0.15) is 0 Å². The summed E-state index contributed by atoms with van der Waals surface area (Å²) in [7, 11) is 0. The van der Waals surface area contributed by atoms with Crippen molar-refractivity contribution in [3.05, 3.63) is 17.5 Å². The predicted molar refractivity (Wildman–Crippen MR) is 83.3 cm³/mol. The molecule has 2 atom stereocenters. The molecule has 0 bridgehead atoms. The number of nitrogens with zero attached hydrogens (tertiary/aromatic N) is 2. The molecule has 20 heavy (non-hydrogen) atoms. The van der Waals surface area contributed by atoms with E-state index in [1.54, 1.807) is 11.3 Å². The van der Waals surface area contributed by atoms with Crippen molar-refractivity contribution in [3.8, 4) is 0 Å². The number of amides is 1. The maximum Gasteiger partial charge on any atom is 0.225 e. The highest BCUT2D eigenvalue weighted by Crippen LogP contribution is 2.24. The molecule has 2 aliphatic rings. The maximum atomic E-state index is 12.6. The summed E-state index contributed by atoms with van der Waals surface area (Å²) in [6.07, 6.45) is 1.98. The van der Waals surface area contributed by atoms with E-state index in [4.69, 9.17) is 0 Å². The van der Waals surface area contributed by atoms with Crippen molar-refractivity contribution in [1.29, 1.82) is 0 Å². The highest BCUT2D eigenvalue weighted by molar-refractivity contribution is 7.14. The molecule has 0 radical (unpaired) electrons. The summed E-state index contributed by atoms with van der Waals surface area (Å²) < 4.78 is 0. The first-order valence-corrected chi connectivity index (χ1v) is 8.42. The molecule has 1 aromatic heterocycles. The van der Waals surface area contributed by atoms with Gasteiger partial charge >= 0.3 is 0 Å². The molecule has 2 saturated heterocycles. The fourth-order valence-corrected chi connectivity index (χ4v) is 4.00. The summed E-state index contributed by atoms with van der Waals surface area (Å²) in [5.74, 6) is 0.615. The largest absolute Gasteiger partial charge is 0.360 e. The Morgan fingerprint density at radius 3 is 2.80 bits per heavy atom. The molecule has 3 rings (SSSR count). The molecular formula is C15H23N3OS. The number of carbonyl (C=O) groups excluding carboxylic acids is 1. The van der Waals surface area contributed by atoms with E-state index in [1.165, 1.54) is 5.00 Å². The third-order valence-electron chi connectivity index (χ3n) is 4.38. The van der Waals surface area contributed by atoms with Crippen LogP contribution in [0.1, 0.15) is 19.8 Å². The van der Waals surface area contributed by atoms with Crippen LogP contribution in [0.2, 0.25) is 0 Å². The number of piperazine rings is 1. The molecule has 0 aromatic carbocycles. The highest BCUT2D eigenvalue weighted by Gasteiger charge is 2.30. The average Bonchev–Trinajstić information content (AvgIpc) is 3.01. The molecule has 0 spiro atoms. The van der Waals surface area contributed by atoms with Crippen molar-refractivity contribution in [3.63, 3.8) is 0 Å². The predicted octanol–water partition coefficient (Wildman–Crippen LogP) is 1.78. The van der Waals surface area contributed by atoms with Crippen molar-refractivity contribution in [2.75, 3.05) is 37.6 Å². The first-order chi connectivity index (χ1) is 9.74. The van der Waals surface area contributed by atoms with E-state index in [1.807, 2.05) is 0 Å². The van der Waals surface area contributed by atoms with Gasteiger partial charge in [0, 0.05) is 38.1 Å². The number of nitrogens with one attached hydrogen (secondary N) is 1. The summed E-state index contributed by atoms with van der Waals surface area (Å²) in [5.41, 5.74) is 0. The van der Waals surface area contributed by atoms with Crippen molar-refractivity contribution in [2.45, 2.75) is 25.8 Å². The number of rotatable bonds is 2. The smallest absolute Gasteiger partial charge is 0.225 e. The zero-order valence-electron chi connectivity index (χ0n) is 12.0. The molecule has 0 unspecified atom stereocenters. The lowest BCUT2D eigenvalue weighted by molar-refractivity contribution is -0.137. The summed E-state index contributed by atoms with van der Waals surface area (Å²) in [6.45, 7) is 6.82. The van der Waals surface area contributed by atoms with Crippen LogP contribution in [0.15, 0.2) is 17.5 Å². The van der Waals surface area contributed by atoms with Crippen LogP contribution in [-0.2, 0) is 4.79 Å². The second kappa shape index (κ2) is 6.14. The number of hydrogen-bond acceptors (Lipinski definition) is 4. The molecule has 0 aliphatic carbocycles. The van der Waals surface area contributed by atoms with E-state index in [-0.39, 0.29) is 5.92 Å². The topological polar surface area (TPSA) is 35.6 Å². The van der Waals surface area contributed by atoms with E-state index >= 15 is 0 Å². The number of piperidine rings is 1. The first kappa shape index (κ1) is 13.9. The molecule has 0 saturated carbocycles. The Kier molecular flexibility index (Phi) is 4.27. The van der Waals surface area contributed by atoms with Gasteiger partial charge in [-0.25, -0.2) is 0 Å². The van der Waals surface area contributed by atoms with Crippen LogP contribution in [0.4, 0.5) is 5.00 Å². The standard InChI is InChI=1S/C15H23N3OS/c1-12-11-13(4-5-16-12)15(19)18-8-6-17(7-9-18)14-3-2-10-20-14/h2-3,10,12-13,16H,4-9,11H2,1H3/t12-,13-/m0/s1. The molecule has 1 aromatic rings. The molecule has 5 heteroatoms. The molecule has 1 amide bonds. The summed E-state index contributed by atoms with van der Waals surface area (Å²) >= 11 is 1.78. The SMILES string of the molecule is C[C@H]1C[C@@H](C(=O)N2CCN(c3cccs3)CC2)CCN1. The van der Waals surface area contributed by atoms with E-state index in [0.29, 0.717) is 11.9 Å². The Morgan fingerprint density at radius 1 is 1.35 bits per heavy atom. The number of carbonyl (C=O) groups is 1. The summed E-state index contributed by atoms with van der Waals surface area (Å²) in [4.78, 5) is 17.0. The van der Waals surface area contributed by atoms with Gasteiger partial charge in [-0.15, -0.1) is 11.3 Å². The first-order valence-electron chi connectivity index (χ1n) is 7.54. The normalized spacial score (nSPS) is 27.6. The van der Waals surface area contributed by atoms with Crippen LogP contribution in [0, 0.1) is 5.92 Å². The number of hydrogen-bond donors (Lipinski definition) is 1. The zero-order valence-corrected chi connectivity index (χ0v) is 12.9. The Labute approximate surface area is 124 Å². The van der Waals surface area contributed by atoms with Crippen LogP contribution >= 0.6 is 11.3 Å². The van der Waals surface area contributed by atoms with Crippen LogP contribution in [0.25, 0.3) is 0 Å². The van der Waals surface area contributed by atoms with E-state index in [2.05, 4.69) is 39.6 Å². The fourth-order valence-electron chi connectivity index (χ4n) is 3.21. The minimum Gasteiger partial charge on any atom is -0.360 e. The van der Waals surface area contributed by atoms with Gasteiger partial charge in [-0.3, -0.25) is 4.79 Å². The summed E-state index contributed by atoms with van der Waals surface area (Å²) in [6, 6.07) is 4.73. The van der Waals surface area contributed by atoms with Gasteiger partial charge in [-0.05, 0) is 43.8 Å². The van der Waals surface area contributed by atoms with Crippen LogP contribution < -0.4 is 10.2 Å². The van der Waals surface area contributed by atoms with Gasteiger partial charge in [0.15, 0.2) is 0 Å². The second-order valence-electron chi connectivity index (χ2n) is 5.84. The zero-order chi connectivity index (χ0) is 13.9. The Morgan fingerprint density at radius 2 is 2.15 bits per heavy atom. The van der Waals surface area contributed by atoms with Gasteiger partial charge in [0.2, 0.25) is 5.91 Å². The summed E-state index contributed by atoms with van der Waals surface area (Å²) in [5, 5.41) is 6.86. The number of thiophene rings is 1.